The number of urea groups is 1. The number of carboxylic acid groups (broad SMARTS) is 1. The van der Waals surface area contributed by atoms with E-state index in [4.69, 9.17) is 9.84 Å². The Hall–Kier alpha value is -2.08. The van der Waals surface area contributed by atoms with Gasteiger partial charge in [-0.1, -0.05) is 18.9 Å². The van der Waals surface area contributed by atoms with Crippen LogP contribution in [0.5, 0.6) is 0 Å². The van der Waals surface area contributed by atoms with Gasteiger partial charge in [-0.05, 0) is 31.0 Å². The highest BCUT2D eigenvalue weighted by atomic mass is 16.5. The van der Waals surface area contributed by atoms with Crippen LogP contribution in [0.3, 0.4) is 0 Å². The third-order valence-corrected chi connectivity index (χ3v) is 3.41. The first kappa shape index (κ1) is 15.3. The highest BCUT2D eigenvalue weighted by Crippen LogP contribution is 2.20. The first-order chi connectivity index (χ1) is 10.1. The Morgan fingerprint density at radius 1 is 1.29 bits per heavy atom. The molecule has 6 heteroatoms. The summed E-state index contributed by atoms with van der Waals surface area (Å²) in [5.41, 5.74) is 0.585. The maximum Gasteiger partial charge on any atom is 0.335 e. The van der Waals surface area contributed by atoms with Gasteiger partial charge in [0, 0.05) is 12.2 Å². The number of rotatable bonds is 6. The fraction of sp³-hybridized carbons (Fsp3) is 0.467. The fourth-order valence-electron chi connectivity index (χ4n) is 2.35. The van der Waals surface area contributed by atoms with Gasteiger partial charge in [0.25, 0.3) is 0 Å². The number of hydrogen-bond acceptors (Lipinski definition) is 3. The smallest absolute Gasteiger partial charge is 0.335 e. The number of amides is 2. The summed E-state index contributed by atoms with van der Waals surface area (Å²) in [5, 5.41) is 14.2. The minimum Gasteiger partial charge on any atom is -0.478 e. The number of benzene rings is 1. The summed E-state index contributed by atoms with van der Waals surface area (Å²) in [5.74, 6) is -1.02. The largest absolute Gasteiger partial charge is 0.478 e. The van der Waals surface area contributed by atoms with Gasteiger partial charge in [-0.2, -0.15) is 0 Å². The molecule has 0 spiro atoms. The number of ether oxygens (including phenoxy) is 1. The van der Waals surface area contributed by atoms with E-state index in [9.17, 15) is 9.59 Å². The average molecular weight is 292 g/mol. The van der Waals surface area contributed by atoms with Crippen LogP contribution in [0, 0.1) is 0 Å². The van der Waals surface area contributed by atoms with Crippen LogP contribution in [0.25, 0.3) is 0 Å². The van der Waals surface area contributed by atoms with Crippen molar-refractivity contribution in [1.29, 1.82) is 0 Å². The maximum absolute atomic E-state index is 11.7. The molecule has 2 rings (SSSR count). The van der Waals surface area contributed by atoms with Crippen LogP contribution in [0.15, 0.2) is 24.3 Å². The molecule has 2 amide bonds. The van der Waals surface area contributed by atoms with E-state index < -0.39 is 5.97 Å². The van der Waals surface area contributed by atoms with Crippen LogP contribution in [0.1, 0.15) is 36.0 Å². The zero-order valence-corrected chi connectivity index (χ0v) is 11.8. The lowest BCUT2D eigenvalue weighted by Crippen LogP contribution is -2.32. The Bertz CT molecular complexity index is 498. The van der Waals surface area contributed by atoms with Crippen molar-refractivity contribution in [1.82, 2.24) is 5.32 Å². The minimum absolute atomic E-state index is 0.136. The number of nitrogens with one attached hydrogen (secondary N) is 2. The molecular formula is C15H20N2O4. The number of hydrogen-bond donors (Lipinski definition) is 3. The summed E-state index contributed by atoms with van der Waals surface area (Å²) in [4.78, 5) is 22.5. The average Bonchev–Trinajstić information content (AvgIpc) is 2.97. The first-order valence-electron chi connectivity index (χ1n) is 7.15. The van der Waals surface area contributed by atoms with Crippen LogP contribution < -0.4 is 10.6 Å². The summed E-state index contributed by atoms with van der Waals surface area (Å²) in [6.07, 6.45) is 4.99. The second kappa shape index (κ2) is 7.64. The van der Waals surface area contributed by atoms with Gasteiger partial charge in [-0.15, -0.1) is 0 Å². The predicted octanol–water partition coefficient (Wildman–Crippen LogP) is 2.47. The summed E-state index contributed by atoms with van der Waals surface area (Å²) < 4.78 is 5.63. The van der Waals surface area contributed by atoms with Crippen molar-refractivity contribution in [2.24, 2.45) is 0 Å². The molecule has 6 nitrogen and oxygen atoms in total. The Labute approximate surface area is 123 Å². The van der Waals surface area contributed by atoms with Gasteiger partial charge in [0.05, 0.1) is 18.3 Å². The van der Waals surface area contributed by atoms with Gasteiger partial charge in [0.2, 0.25) is 0 Å². The molecule has 1 aromatic rings. The topological polar surface area (TPSA) is 87.7 Å². The lowest BCUT2D eigenvalue weighted by molar-refractivity contribution is 0.0615. The SMILES string of the molecule is O=C(NCCOC1CCCC1)Nc1cccc(C(=O)O)c1. The molecule has 1 aliphatic rings. The molecule has 0 aromatic heterocycles. The maximum atomic E-state index is 11.7. The third kappa shape index (κ3) is 5.07. The second-order valence-corrected chi connectivity index (χ2v) is 5.04. The standard InChI is InChI=1S/C15H20N2O4/c18-14(19)11-4-3-5-12(10-11)17-15(20)16-8-9-21-13-6-1-2-7-13/h3-5,10,13H,1-2,6-9H2,(H,18,19)(H2,16,17,20). The Morgan fingerprint density at radius 3 is 2.76 bits per heavy atom. The quantitative estimate of drug-likeness (QED) is 0.703. The monoisotopic (exact) mass is 292 g/mol. The van der Waals surface area contributed by atoms with Gasteiger partial charge in [0.1, 0.15) is 0 Å². The highest BCUT2D eigenvalue weighted by Gasteiger charge is 2.14. The molecule has 1 aliphatic carbocycles. The molecule has 21 heavy (non-hydrogen) atoms. The molecule has 0 radical (unpaired) electrons. The minimum atomic E-state index is -1.02. The van der Waals surface area contributed by atoms with E-state index in [0.717, 1.165) is 12.8 Å². The van der Waals surface area contributed by atoms with Gasteiger partial charge in [-0.25, -0.2) is 9.59 Å². The zero-order valence-electron chi connectivity index (χ0n) is 11.8. The van der Waals surface area contributed by atoms with E-state index in [1.807, 2.05) is 0 Å². The van der Waals surface area contributed by atoms with Gasteiger partial charge in [-0.3, -0.25) is 0 Å². The van der Waals surface area contributed by atoms with E-state index in [1.54, 1.807) is 12.1 Å². The summed E-state index contributed by atoms with van der Waals surface area (Å²) >= 11 is 0. The van der Waals surface area contributed by atoms with E-state index in [1.165, 1.54) is 25.0 Å². The molecule has 114 valence electrons. The van der Waals surface area contributed by atoms with Crippen molar-refractivity contribution < 1.29 is 19.4 Å². The zero-order chi connectivity index (χ0) is 15.1. The molecule has 0 heterocycles. The number of anilines is 1. The van der Waals surface area contributed by atoms with Crippen molar-refractivity contribution >= 4 is 17.7 Å². The fourth-order valence-corrected chi connectivity index (χ4v) is 2.35. The number of carbonyl (C=O) groups excluding carboxylic acids is 1. The number of aromatic carboxylic acids is 1. The van der Waals surface area contributed by atoms with Crippen molar-refractivity contribution in [2.45, 2.75) is 31.8 Å². The molecule has 0 aliphatic heterocycles. The molecule has 1 fully saturated rings. The lowest BCUT2D eigenvalue weighted by Gasteiger charge is -2.12. The van der Waals surface area contributed by atoms with Crippen molar-refractivity contribution in [3.63, 3.8) is 0 Å². The summed E-state index contributed by atoms with van der Waals surface area (Å²) in [6, 6.07) is 5.74. The Kier molecular flexibility index (Phi) is 5.57. The van der Waals surface area contributed by atoms with E-state index >= 15 is 0 Å². The Balaban J connectivity index is 1.69. The van der Waals surface area contributed by atoms with Crippen LogP contribution in [0.2, 0.25) is 0 Å². The van der Waals surface area contributed by atoms with Crippen LogP contribution in [-0.2, 0) is 4.74 Å². The van der Waals surface area contributed by atoms with E-state index in [2.05, 4.69) is 10.6 Å². The second-order valence-electron chi connectivity index (χ2n) is 5.04. The predicted molar refractivity (Wildman–Crippen MR) is 78.6 cm³/mol. The van der Waals surface area contributed by atoms with Gasteiger partial charge in [0.15, 0.2) is 0 Å². The summed E-state index contributed by atoms with van der Waals surface area (Å²) in [6.45, 7) is 0.925. The molecule has 1 aromatic carbocycles. The summed E-state index contributed by atoms with van der Waals surface area (Å²) in [7, 11) is 0. The number of carboxylic acids is 1. The molecule has 3 N–H and O–H groups in total. The van der Waals surface area contributed by atoms with E-state index in [0.29, 0.717) is 24.9 Å². The van der Waals surface area contributed by atoms with Crippen molar-refractivity contribution in [3.05, 3.63) is 29.8 Å². The van der Waals surface area contributed by atoms with Crippen LogP contribution in [-0.4, -0.2) is 36.4 Å². The molecule has 0 saturated heterocycles. The molecular weight excluding hydrogens is 272 g/mol. The van der Waals surface area contributed by atoms with Gasteiger partial charge < -0.3 is 20.5 Å². The van der Waals surface area contributed by atoms with Crippen LogP contribution in [0.4, 0.5) is 10.5 Å². The van der Waals surface area contributed by atoms with Crippen LogP contribution >= 0.6 is 0 Å². The van der Waals surface area contributed by atoms with E-state index in [-0.39, 0.29) is 11.6 Å². The highest BCUT2D eigenvalue weighted by molar-refractivity contribution is 5.93. The first-order valence-corrected chi connectivity index (χ1v) is 7.15. The molecule has 0 bridgehead atoms. The lowest BCUT2D eigenvalue weighted by atomic mass is 10.2. The normalized spacial score (nSPS) is 14.9. The Morgan fingerprint density at radius 2 is 2.05 bits per heavy atom. The van der Waals surface area contributed by atoms with Crippen molar-refractivity contribution in [3.8, 4) is 0 Å². The van der Waals surface area contributed by atoms with Crippen molar-refractivity contribution in [2.75, 3.05) is 18.5 Å². The molecule has 0 atom stereocenters. The number of carbonyl (C=O) groups is 2. The van der Waals surface area contributed by atoms with Gasteiger partial charge >= 0.3 is 12.0 Å². The third-order valence-electron chi connectivity index (χ3n) is 3.41. The molecule has 0 unspecified atom stereocenters. The molecule has 1 saturated carbocycles.